The molecule has 0 aliphatic carbocycles. The van der Waals surface area contributed by atoms with Crippen LogP contribution in [0.2, 0.25) is 0 Å². The minimum atomic E-state index is -1.49. The molecule has 1 aliphatic rings. The van der Waals surface area contributed by atoms with Gasteiger partial charge in [0.15, 0.2) is 11.4 Å². The number of nitrogens with zero attached hydrogens (tertiary/aromatic N) is 5. The largest absolute Gasteiger partial charge is 0.375 e. The molecule has 9 nitrogen and oxygen atoms in total. The Kier molecular flexibility index (Phi) is 4.72. The first kappa shape index (κ1) is 19.3. The number of carbonyl (C=O) groups excluding carboxylic acids is 1. The number of carbonyl (C=O) groups is 1. The van der Waals surface area contributed by atoms with Crippen LogP contribution >= 0.6 is 11.3 Å². The molecular formula is C21H18N6O3S. The Bertz CT molecular complexity index is 1240. The molecule has 0 radical (unpaired) electrons. The van der Waals surface area contributed by atoms with E-state index < -0.39 is 5.60 Å². The van der Waals surface area contributed by atoms with Crippen LogP contribution < -0.4 is 5.32 Å². The molecule has 4 heterocycles. The monoisotopic (exact) mass is 434 g/mol. The maximum atomic E-state index is 12.4. The van der Waals surface area contributed by atoms with Crippen molar-refractivity contribution >= 4 is 29.0 Å². The predicted molar refractivity (Wildman–Crippen MR) is 115 cm³/mol. The molecule has 10 heteroatoms. The minimum Gasteiger partial charge on any atom is -0.375 e. The lowest BCUT2D eigenvalue weighted by Gasteiger charge is -2.21. The van der Waals surface area contributed by atoms with Gasteiger partial charge in [-0.2, -0.15) is 0 Å². The Morgan fingerprint density at radius 2 is 2.13 bits per heavy atom. The number of hydrogen-bond acceptors (Lipinski definition) is 9. The molecule has 1 saturated heterocycles. The molecule has 1 aliphatic heterocycles. The number of anilines is 2. The van der Waals surface area contributed by atoms with E-state index in [9.17, 15) is 9.90 Å². The van der Waals surface area contributed by atoms with E-state index in [1.807, 2.05) is 23.6 Å². The van der Waals surface area contributed by atoms with Crippen LogP contribution in [-0.4, -0.2) is 49.6 Å². The van der Waals surface area contributed by atoms with Gasteiger partial charge < -0.3 is 19.8 Å². The highest BCUT2D eigenvalue weighted by molar-refractivity contribution is 7.13. The van der Waals surface area contributed by atoms with Crippen molar-refractivity contribution in [3.05, 3.63) is 59.8 Å². The van der Waals surface area contributed by atoms with E-state index in [2.05, 4.69) is 20.4 Å². The summed E-state index contributed by atoms with van der Waals surface area (Å²) in [5, 5.41) is 20.4. The van der Waals surface area contributed by atoms with Crippen molar-refractivity contribution in [2.24, 2.45) is 0 Å². The fourth-order valence-corrected chi connectivity index (χ4v) is 4.32. The Labute approximate surface area is 181 Å². The fourth-order valence-electron chi connectivity index (χ4n) is 3.51. The van der Waals surface area contributed by atoms with Crippen molar-refractivity contribution in [3.8, 4) is 22.0 Å². The second kappa shape index (κ2) is 7.56. The number of amides is 1. The molecule has 3 aromatic heterocycles. The molecule has 2 N–H and O–H groups in total. The highest BCUT2D eigenvalue weighted by Crippen LogP contribution is 2.36. The van der Waals surface area contributed by atoms with Crippen molar-refractivity contribution in [1.82, 2.24) is 25.0 Å². The van der Waals surface area contributed by atoms with Crippen LogP contribution in [0, 0.1) is 0 Å². The average molecular weight is 434 g/mol. The van der Waals surface area contributed by atoms with Crippen LogP contribution in [0.15, 0.2) is 58.8 Å². The van der Waals surface area contributed by atoms with Gasteiger partial charge in [0.25, 0.3) is 5.91 Å². The molecular weight excluding hydrogens is 416 g/mol. The van der Waals surface area contributed by atoms with E-state index in [0.717, 1.165) is 10.6 Å². The van der Waals surface area contributed by atoms with Gasteiger partial charge in [-0.15, -0.1) is 11.3 Å². The zero-order chi connectivity index (χ0) is 21.4. The molecule has 1 fully saturated rings. The van der Waals surface area contributed by atoms with Crippen molar-refractivity contribution in [1.29, 1.82) is 0 Å². The summed E-state index contributed by atoms with van der Waals surface area (Å²) in [4.78, 5) is 27.4. The van der Waals surface area contributed by atoms with Gasteiger partial charge >= 0.3 is 0 Å². The number of thiazole rings is 1. The summed E-state index contributed by atoms with van der Waals surface area (Å²) in [7, 11) is 1.70. The highest BCUT2D eigenvalue weighted by Gasteiger charge is 2.45. The number of aromatic nitrogens is 4. The van der Waals surface area contributed by atoms with Crippen molar-refractivity contribution in [3.63, 3.8) is 0 Å². The standard InChI is InChI=1S/C21H18N6O3S/c1-27-9-7-21(29,19(27)28)14-4-2-3-13(11-14)18-23-16(12-31-18)15-5-8-22-20(24-15)25-17-6-10-30-26-17/h2-6,8,10-12,29H,7,9H2,1H3,(H,22,24,25,26). The molecule has 0 spiro atoms. The number of likely N-dealkylation sites (tertiary alicyclic amines) is 1. The zero-order valence-corrected chi connectivity index (χ0v) is 17.3. The number of aliphatic hydroxyl groups is 1. The molecule has 0 saturated carbocycles. The molecule has 31 heavy (non-hydrogen) atoms. The SMILES string of the molecule is CN1CCC(O)(c2cccc(-c3nc(-c4ccnc(Nc5ccon5)n4)cs3)c2)C1=O. The first-order valence-electron chi connectivity index (χ1n) is 9.58. The van der Waals surface area contributed by atoms with Crippen LogP contribution in [0.1, 0.15) is 12.0 Å². The molecule has 5 rings (SSSR count). The van der Waals surface area contributed by atoms with Crippen LogP contribution in [0.25, 0.3) is 22.0 Å². The predicted octanol–water partition coefficient (Wildman–Crippen LogP) is 3.05. The van der Waals surface area contributed by atoms with E-state index in [-0.39, 0.29) is 5.91 Å². The van der Waals surface area contributed by atoms with Crippen molar-refractivity contribution in [2.45, 2.75) is 12.0 Å². The third-order valence-corrected chi connectivity index (χ3v) is 6.09. The summed E-state index contributed by atoms with van der Waals surface area (Å²) in [6.45, 7) is 0.527. The number of benzene rings is 1. The Morgan fingerprint density at radius 3 is 2.90 bits per heavy atom. The topological polar surface area (TPSA) is 117 Å². The summed E-state index contributed by atoms with van der Waals surface area (Å²) >= 11 is 1.46. The molecule has 156 valence electrons. The van der Waals surface area contributed by atoms with Gasteiger partial charge in [0.2, 0.25) is 5.95 Å². The van der Waals surface area contributed by atoms with Gasteiger partial charge in [0.05, 0.1) is 5.69 Å². The van der Waals surface area contributed by atoms with E-state index >= 15 is 0 Å². The van der Waals surface area contributed by atoms with Gasteiger partial charge in [-0.1, -0.05) is 23.4 Å². The fraction of sp³-hybridized carbons (Fsp3) is 0.190. The Hall–Kier alpha value is -3.63. The number of nitrogens with one attached hydrogen (secondary N) is 1. The third-order valence-electron chi connectivity index (χ3n) is 5.20. The normalized spacial score (nSPS) is 18.5. The molecule has 4 aromatic rings. The van der Waals surface area contributed by atoms with Gasteiger partial charge in [-0.05, 0) is 17.7 Å². The molecule has 1 amide bonds. The van der Waals surface area contributed by atoms with Crippen molar-refractivity contribution in [2.75, 3.05) is 18.9 Å². The lowest BCUT2D eigenvalue weighted by molar-refractivity contribution is -0.143. The van der Waals surface area contributed by atoms with Gasteiger partial charge in [-0.3, -0.25) is 4.79 Å². The van der Waals surface area contributed by atoms with Crippen LogP contribution in [0.3, 0.4) is 0 Å². The number of likely N-dealkylation sites (N-methyl/N-ethyl adjacent to an activating group) is 1. The summed E-state index contributed by atoms with van der Waals surface area (Å²) in [5.41, 5.74) is 1.29. The lowest BCUT2D eigenvalue weighted by Crippen LogP contribution is -2.36. The van der Waals surface area contributed by atoms with E-state index in [0.29, 0.717) is 41.7 Å². The van der Waals surface area contributed by atoms with Crippen LogP contribution in [-0.2, 0) is 10.4 Å². The van der Waals surface area contributed by atoms with Crippen LogP contribution in [0.4, 0.5) is 11.8 Å². The average Bonchev–Trinajstić information content (AvgIpc) is 3.54. The number of hydrogen-bond donors (Lipinski definition) is 2. The van der Waals surface area contributed by atoms with E-state index in [1.165, 1.54) is 17.6 Å². The summed E-state index contributed by atoms with van der Waals surface area (Å²) in [6.07, 6.45) is 3.47. The Morgan fingerprint density at radius 1 is 1.23 bits per heavy atom. The van der Waals surface area contributed by atoms with E-state index in [4.69, 9.17) is 9.51 Å². The second-order valence-corrected chi connectivity index (χ2v) is 8.09. The highest BCUT2D eigenvalue weighted by atomic mass is 32.1. The molecule has 1 atom stereocenters. The maximum absolute atomic E-state index is 12.4. The first-order chi connectivity index (χ1) is 15.0. The van der Waals surface area contributed by atoms with Gasteiger partial charge in [-0.25, -0.2) is 15.0 Å². The smallest absolute Gasteiger partial charge is 0.258 e. The minimum absolute atomic E-state index is 0.280. The summed E-state index contributed by atoms with van der Waals surface area (Å²) in [6, 6.07) is 10.8. The lowest BCUT2D eigenvalue weighted by atomic mass is 9.91. The van der Waals surface area contributed by atoms with Crippen molar-refractivity contribution < 1.29 is 14.4 Å². The van der Waals surface area contributed by atoms with Gasteiger partial charge in [0.1, 0.15) is 17.0 Å². The zero-order valence-electron chi connectivity index (χ0n) is 16.5. The first-order valence-corrected chi connectivity index (χ1v) is 10.5. The quantitative estimate of drug-likeness (QED) is 0.492. The van der Waals surface area contributed by atoms with Gasteiger partial charge in [0, 0.05) is 43.2 Å². The summed E-state index contributed by atoms with van der Waals surface area (Å²) in [5.74, 6) is 0.615. The molecule has 1 aromatic carbocycles. The third kappa shape index (κ3) is 3.56. The number of rotatable bonds is 5. The van der Waals surface area contributed by atoms with Crippen LogP contribution in [0.5, 0.6) is 0 Å². The molecule has 1 unspecified atom stereocenters. The second-order valence-electron chi connectivity index (χ2n) is 7.23. The summed E-state index contributed by atoms with van der Waals surface area (Å²) < 4.78 is 4.80. The van der Waals surface area contributed by atoms with E-state index in [1.54, 1.807) is 36.3 Å². The molecule has 0 bridgehead atoms. The maximum Gasteiger partial charge on any atom is 0.258 e. The Balaban J connectivity index is 1.42.